The van der Waals surface area contributed by atoms with Crippen LogP contribution in [0.15, 0.2) is 91.0 Å². The van der Waals surface area contributed by atoms with Gasteiger partial charge >= 0.3 is 5.97 Å². The first-order chi connectivity index (χ1) is 12.3. The lowest BCUT2D eigenvalue weighted by Crippen LogP contribution is -2.24. The topological polar surface area (TPSA) is 43.4 Å². The Labute approximate surface area is 146 Å². The number of ketones is 1. The van der Waals surface area contributed by atoms with Crippen LogP contribution in [0.3, 0.4) is 0 Å². The molecule has 124 valence electrons. The van der Waals surface area contributed by atoms with Crippen molar-refractivity contribution in [2.75, 3.05) is 0 Å². The molecule has 3 aromatic rings. The third-order valence-electron chi connectivity index (χ3n) is 3.91. The first kappa shape index (κ1) is 16.7. The second-order valence-electron chi connectivity index (χ2n) is 5.67. The van der Waals surface area contributed by atoms with Gasteiger partial charge in [-0.15, -0.1) is 0 Å². The SMILES string of the molecule is O=C(OCc1ccccc1)C(C(=O)c1ccccc1)c1ccccc1. The molecule has 0 aliphatic rings. The standard InChI is InChI=1S/C22H18O3/c23-21(19-14-8-3-9-15-19)20(18-12-6-2-7-13-18)22(24)25-16-17-10-4-1-5-11-17/h1-15,20H,16H2. The van der Waals surface area contributed by atoms with Gasteiger partial charge in [-0.1, -0.05) is 91.0 Å². The summed E-state index contributed by atoms with van der Waals surface area (Å²) in [6.45, 7) is 0.144. The second kappa shape index (κ2) is 8.06. The molecule has 25 heavy (non-hydrogen) atoms. The molecule has 3 rings (SSSR count). The molecule has 0 aliphatic heterocycles. The van der Waals surface area contributed by atoms with Crippen LogP contribution in [0.2, 0.25) is 0 Å². The van der Waals surface area contributed by atoms with Gasteiger partial charge in [0.1, 0.15) is 12.5 Å². The van der Waals surface area contributed by atoms with Crippen LogP contribution in [-0.2, 0) is 16.1 Å². The molecule has 0 N–H and O–H groups in total. The van der Waals surface area contributed by atoms with Gasteiger partial charge in [0, 0.05) is 5.56 Å². The lowest BCUT2D eigenvalue weighted by Gasteiger charge is -2.16. The van der Waals surface area contributed by atoms with E-state index in [2.05, 4.69) is 0 Å². The Morgan fingerprint density at radius 2 is 1.24 bits per heavy atom. The predicted octanol–water partition coefficient (Wildman–Crippen LogP) is 4.40. The van der Waals surface area contributed by atoms with Crippen LogP contribution in [-0.4, -0.2) is 11.8 Å². The van der Waals surface area contributed by atoms with Crippen molar-refractivity contribution in [2.24, 2.45) is 0 Å². The molecule has 3 aromatic carbocycles. The van der Waals surface area contributed by atoms with Crippen LogP contribution in [0.5, 0.6) is 0 Å². The molecule has 0 spiro atoms. The summed E-state index contributed by atoms with van der Waals surface area (Å²) < 4.78 is 5.43. The second-order valence-corrected chi connectivity index (χ2v) is 5.67. The Morgan fingerprint density at radius 3 is 1.84 bits per heavy atom. The van der Waals surface area contributed by atoms with Gasteiger partial charge in [-0.05, 0) is 11.1 Å². The summed E-state index contributed by atoms with van der Waals surface area (Å²) in [7, 11) is 0. The Hall–Kier alpha value is -3.20. The average molecular weight is 330 g/mol. The van der Waals surface area contributed by atoms with Gasteiger partial charge in [-0.3, -0.25) is 9.59 Å². The van der Waals surface area contributed by atoms with Gasteiger partial charge in [0.2, 0.25) is 0 Å². The Balaban J connectivity index is 1.83. The number of Topliss-reactive ketones (excluding diaryl/α,β-unsaturated/α-hetero) is 1. The predicted molar refractivity (Wildman–Crippen MR) is 96.2 cm³/mol. The molecule has 0 saturated heterocycles. The largest absolute Gasteiger partial charge is 0.460 e. The Kier molecular flexibility index (Phi) is 5.37. The zero-order valence-electron chi connectivity index (χ0n) is 13.7. The summed E-state index contributed by atoms with van der Waals surface area (Å²) in [4.78, 5) is 25.6. The van der Waals surface area contributed by atoms with Crippen molar-refractivity contribution in [1.29, 1.82) is 0 Å². The van der Waals surface area contributed by atoms with E-state index in [1.807, 2.05) is 54.6 Å². The fourth-order valence-corrected chi connectivity index (χ4v) is 2.62. The van der Waals surface area contributed by atoms with E-state index in [1.54, 1.807) is 36.4 Å². The van der Waals surface area contributed by atoms with Gasteiger partial charge < -0.3 is 4.74 Å². The first-order valence-electron chi connectivity index (χ1n) is 8.10. The molecule has 0 aliphatic carbocycles. The summed E-state index contributed by atoms with van der Waals surface area (Å²) in [6.07, 6.45) is 0. The molecule has 1 unspecified atom stereocenters. The highest BCUT2D eigenvalue weighted by molar-refractivity contribution is 6.12. The number of esters is 1. The van der Waals surface area contributed by atoms with E-state index in [0.717, 1.165) is 5.56 Å². The summed E-state index contributed by atoms with van der Waals surface area (Å²) in [5.74, 6) is -1.76. The third kappa shape index (κ3) is 4.21. The Bertz CT molecular complexity index is 827. The highest BCUT2D eigenvalue weighted by Gasteiger charge is 2.30. The van der Waals surface area contributed by atoms with Crippen LogP contribution < -0.4 is 0 Å². The number of hydrogen-bond donors (Lipinski definition) is 0. The van der Waals surface area contributed by atoms with Gasteiger partial charge in [-0.2, -0.15) is 0 Å². The number of carbonyl (C=O) groups excluding carboxylic acids is 2. The maximum atomic E-state index is 12.9. The first-order valence-corrected chi connectivity index (χ1v) is 8.10. The van der Waals surface area contributed by atoms with Gasteiger partial charge in [0.25, 0.3) is 0 Å². The highest BCUT2D eigenvalue weighted by Crippen LogP contribution is 2.23. The van der Waals surface area contributed by atoms with E-state index >= 15 is 0 Å². The fourth-order valence-electron chi connectivity index (χ4n) is 2.62. The fraction of sp³-hybridized carbons (Fsp3) is 0.0909. The molecule has 0 aromatic heterocycles. The maximum absolute atomic E-state index is 12.9. The van der Waals surface area contributed by atoms with E-state index in [0.29, 0.717) is 11.1 Å². The van der Waals surface area contributed by atoms with Crippen molar-refractivity contribution in [1.82, 2.24) is 0 Å². The lowest BCUT2D eigenvalue weighted by molar-refractivity contribution is -0.145. The van der Waals surface area contributed by atoms with Crippen molar-refractivity contribution in [2.45, 2.75) is 12.5 Å². The summed E-state index contributed by atoms with van der Waals surface area (Å²) in [5, 5.41) is 0. The maximum Gasteiger partial charge on any atom is 0.321 e. The van der Waals surface area contributed by atoms with Crippen molar-refractivity contribution >= 4 is 11.8 Å². The Morgan fingerprint density at radius 1 is 0.720 bits per heavy atom. The summed E-state index contributed by atoms with van der Waals surface area (Å²) in [5.41, 5.74) is 2.01. The number of benzene rings is 3. The zero-order valence-corrected chi connectivity index (χ0v) is 13.7. The molecule has 3 nitrogen and oxygen atoms in total. The van der Waals surface area contributed by atoms with E-state index in [1.165, 1.54) is 0 Å². The average Bonchev–Trinajstić information content (AvgIpc) is 2.69. The van der Waals surface area contributed by atoms with Crippen molar-refractivity contribution in [3.8, 4) is 0 Å². The summed E-state index contributed by atoms with van der Waals surface area (Å²) >= 11 is 0. The van der Waals surface area contributed by atoms with Crippen LogP contribution in [0.25, 0.3) is 0 Å². The van der Waals surface area contributed by atoms with Gasteiger partial charge in [0.05, 0.1) is 0 Å². The van der Waals surface area contributed by atoms with Crippen LogP contribution in [0.4, 0.5) is 0 Å². The van der Waals surface area contributed by atoms with Gasteiger partial charge in [-0.25, -0.2) is 0 Å². The number of ether oxygens (including phenoxy) is 1. The van der Waals surface area contributed by atoms with Crippen LogP contribution in [0.1, 0.15) is 27.4 Å². The normalized spacial score (nSPS) is 11.5. The number of rotatable bonds is 6. The van der Waals surface area contributed by atoms with E-state index in [9.17, 15) is 9.59 Å². The molecule has 3 heteroatoms. The third-order valence-corrected chi connectivity index (χ3v) is 3.91. The van der Waals surface area contributed by atoms with Crippen LogP contribution in [0, 0.1) is 0 Å². The van der Waals surface area contributed by atoms with E-state index in [-0.39, 0.29) is 12.4 Å². The molecule has 1 atom stereocenters. The van der Waals surface area contributed by atoms with E-state index in [4.69, 9.17) is 4.74 Å². The minimum Gasteiger partial charge on any atom is -0.460 e. The van der Waals surface area contributed by atoms with Crippen molar-refractivity contribution in [3.63, 3.8) is 0 Å². The molecule has 0 radical (unpaired) electrons. The highest BCUT2D eigenvalue weighted by atomic mass is 16.5. The van der Waals surface area contributed by atoms with E-state index < -0.39 is 11.9 Å². The number of hydrogen-bond acceptors (Lipinski definition) is 3. The van der Waals surface area contributed by atoms with Crippen molar-refractivity contribution in [3.05, 3.63) is 108 Å². The molecule has 0 bridgehead atoms. The molecule has 0 heterocycles. The molecular formula is C22H18O3. The quantitative estimate of drug-likeness (QED) is 0.382. The minimum absolute atomic E-state index is 0.144. The molecule has 0 fully saturated rings. The lowest BCUT2D eigenvalue weighted by atomic mass is 9.90. The smallest absolute Gasteiger partial charge is 0.321 e. The monoisotopic (exact) mass is 330 g/mol. The molecule has 0 saturated carbocycles. The molecule has 0 amide bonds. The summed E-state index contributed by atoms with van der Waals surface area (Å²) in [6, 6.07) is 27.3. The van der Waals surface area contributed by atoms with Crippen molar-refractivity contribution < 1.29 is 14.3 Å². The number of carbonyl (C=O) groups is 2. The van der Waals surface area contributed by atoms with Gasteiger partial charge in [0.15, 0.2) is 5.78 Å². The van der Waals surface area contributed by atoms with Crippen LogP contribution >= 0.6 is 0 Å². The zero-order chi connectivity index (χ0) is 17.5. The molecular weight excluding hydrogens is 312 g/mol. The minimum atomic E-state index is -0.965.